The van der Waals surface area contributed by atoms with Crippen molar-refractivity contribution in [1.29, 1.82) is 0 Å². The molecule has 0 bridgehead atoms. The molecule has 4 nitrogen and oxygen atoms in total. The van der Waals surface area contributed by atoms with Gasteiger partial charge in [-0.3, -0.25) is 11.4 Å². The molecule has 0 aliphatic carbocycles. The van der Waals surface area contributed by atoms with Gasteiger partial charge in [0.25, 0.3) is 0 Å². The van der Waals surface area contributed by atoms with Gasteiger partial charge in [0, 0.05) is 0 Å². The fourth-order valence-corrected chi connectivity index (χ4v) is 0. The number of nitrogens with one attached hydrogen (secondary N) is 1. The van der Waals surface area contributed by atoms with Crippen LogP contribution in [-0.4, -0.2) is 0 Å². The molecular weight excluding hydrogens is 69.9 g/mol. The van der Waals surface area contributed by atoms with Crippen molar-refractivity contribution in [2.24, 2.45) is 5.22 Å². The van der Waals surface area contributed by atoms with Crippen molar-refractivity contribution in [3.8, 4) is 0 Å². The number of rotatable bonds is 0. The van der Waals surface area contributed by atoms with Gasteiger partial charge in [-0.15, -0.1) is 0 Å². The molecule has 0 atom stereocenters. The molecule has 0 amide bonds. The molecule has 0 aromatic heterocycles. The Kier molecular flexibility index (Phi) is 50.1. The van der Waals surface area contributed by atoms with Crippen LogP contribution in [0.4, 0.5) is 0 Å². The Morgan fingerprint density at radius 1 is 1.50 bits per heavy atom. The zero-order chi connectivity index (χ0) is 3.41. The monoisotopic (exact) mass is 71.1 g/mol. The van der Waals surface area contributed by atoms with Crippen LogP contribution in [0.25, 0.3) is 16.3 Å². The Balaban J connectivity index is -0.0000000450. The molecule has 6 heavy (non-hydrogen) atoms. The maximum Gasteiger partial charge on any atom is 1.00 e. The topological polar surface area (TPSA) is 72.6 Å². The average Bonchev–Trinajstić information content (AvgIpc) is 1.37. The molecule has 0 aliphatic rings. The third-order valence-electron chi connectivity index (χ3n) is 0.0447. The van der Waals surface area contributed by atoms with Crippen molar-refractivity contribution in [3.05, 3.63) is 16.3 Å². The van der Waals surface area contributed by atoms with E-state index in [1.807, 2.05) is 4.91 Å². The minimum absolute atomic E-state index is 0. The molecular formula is HLi2N4+. The average molecular weight is 70.9 g/mol. The summed E-state index contributed by atoms with van der Waals surface area (Å²) in [4.78, 5) is 2.03. The first kappa shape index (κ1) is 16.2. The summed E-state index contributed by atoms with van der Waals surface area (Å²) in [6.45, 7) is 0. The van der Waals surface area contributed by atoms with Gasteiger partial charge in [0.2, 0.25) is 0 Å². The molecule has 0 radical (unpaired) electrons. The molecule has 0 rings (SSSR count). The third-order valence-corrected chi connectivity index (χ3v) is 0.0447. The number of hydrogen-bond donors (Lipinski definition) is 0. The standard InChI is InChI=1S/2Li.HN4/c;;1-3-4-2/h;;1H/q2*+1;-1. The molecule has 0 aromatic rings. The molecule has 0 saturated carbocycles. The second-order valence-corrected chi connectivity index (χ2v) is 0.189. The molecule has 1 N–H and O–H groups in total. The van der Waals surface area contributed by atoms with Crippen LogP contribution in [0.3, 0.4) is 0 Å². The quantitative estimate of drug-likeness (QED) is 0.0904. The van der Waals surface area contributed by atoms with E-state index >= 15 is 0 Å². The van der Waals surface area contributed by atoms with Crippen molar-refractivity contribution in [2.75, 3.05) is 0 Å². The summed E-state index contributed by atoms with van der Waals surface area (Å²) in [6.07, 6.45) is 0. The maximum atomic E-state index is 7.15. The molecule has 0 spiro atoms. The molecule has 0 fully saturated rings. The molecule has 0 aliphatic heterocycles. The van der Waals surface area contributed by atoms with Gasteiger partial charge < -0.3 is 4.91 Å². The normalized spacial score (nSPS) is 2.67. The molecule has 0 heterocycles. The first-order chi connectivity index (χ1) is 1.91. The van der Waals surface area contributed by atoms with Gasteiger partial charge >= 0.3 is 37.7 Å². The molecule has 22 valence electrons. The van der Waals surface area contributed by atoms with Crippen molar-refractivity contribution in [3.63, 3.8) is 0 Å². The van der Waals surface area contributed by atoms with Crippen LogP contribution >= 0.6 is 0 Å². The first-order valence-corrected chi connectivity index (χ1v) is 0.624. The van der Waals surface area contributed by atoms with Crippen LogP contribution in [0.2, 0.25) is 0 Å². The van der Waals surface area contributed by atoms with Crippen LogP contribution in [0, 0.1) is 0 Å². The number of nitrogens with zero attached hydrogens (tertiary/aromatic N) is 3. The van der Waals surface area contributed by atoms with Crippen molar-refractivity contribution in [1.82, 2.24) is 0 Å². The summed E-state index contributed by atoms with van der Waals surface area (Å²) < 4.78 is 0. The minimum atomic E-state index is 0. The second-order valence-electron chi connectivity index (χ2n) is 0.189. The van der Waals surface area contributed by atoms with Crippen molar-refractivity contribution < 1.29 is 37.7 Å². The summed E-state index contributed by atoms with van der Waals surface area (Å²) in [7, 11) is 0. The van der Waals surface area contributed by atoms with Gasteiger partial charge in [-0.2, -0.15) is 0 Å². The predicted octanol–water partition coefficient (Wildman–Crippen LogP) is -4.73. The first-order valence-electron chi connectivity index (χ1n) is 0.624. The molecule has 0 aromatic carbocycles. The van der Waals surface area contributed by atoms with E-state index < -0.39 is 0 Å². The van der Waals surface area contributed by atoms with Gasteiger partial charge in [-0.25, -0.2) is 5.22 Å². The van der Waals surface area contributed by atoms with Crippen LogP contribution in [0.5, 0.6) is 0 Å². The van der Waals surface area contributed by atoms with Crippen LogP contribution in [0.15, 0.2) is 5.22 Å². The zero-order valence-corrected chi connectivity index (χ0v) is 3.84. The second kappa shape index (κ2) is 18.5. The molecule has 6 heteroatoms. The van der Waals surface area contributed by atoms with E-state index in [2.05, 4.69) is 5.22 Å². The van der Waals surface area contributed by atoms with Gasteiger partial charge in [0.05, 0.1) is 0 Å². The van der Waals surface area contributed by atoms with Crippen LogP contribution < -0.4 is 37.7 Å². The predicted molar refractivity (Wildman–Crippen MR) is 13.5 cm³/mol. The van der Waals surface area contributed by atoms with Crippen LogP contribution in [-0.2, 0) is 0 Å². The SMILES string of the molecule is [Li+].[Li+].[N-]=[N+]=N[NH-]. The van der Waals surface area contributed by atoms with Crippen molar-refractivity contribution in [2.45, 2.75) is 0 Å². The Morgan fingerprint density at radius 2 is 1.67 bits per heavy atom. The fourth-order valence-electron chi connectivity index (χ4n) is 0. The van der Waals surface area contributed by atoms with Gasteiger partial charge in [0.15, 0.2) is 0 Å². The summed E-state index contributed by atoms with van der Waals surface area (Å²) >= 11 is 0. The van der Waals surface area contributed by atoms with E-state index in [9.17, 15) is 0 Å². The summed E-state index contributed by atoms with van der Waals surface area (Å²) in [6, 6.07) is 0. The van der Waals surface area contributed by atoms with E-state index in [4.69, 9.17) is 11.4 Å². The van der Waals surface area contributed by atoms with E-state index in [0.29, 0.717) is 0 Å². The largest absolute Gasteiger partial charge is 1.00 e. The summed E-state index contributed by atoms with van der Waals surface area (Å²) in [5.74, 6) is 5.66. The summed E-state index contributed by atoms with van der Waals surface area (Å²) in [5, 5.41) is 2.17. The summed E-state index contributed by atoms with van der Waals surface area (Å²) in [5.41, 5.74) is 7.15. The zero-order valence-electron chi connectivity index (χ0n) is 3.84. The Bertz CT molecular complexity index is 43.5. The van der Waals surface area contributed by atoms with Crippen LogP contribution in [0.1, 0.15) is 0 Å². The molecule has 0 unspecified atom stereocenters. The van der Waals surface area contributed by atoms with Gasteiger partial charge in [-0.1, -0.05) is 0 Å². The number of hydrogen-bond acceptors (Lipinski definition) is 1. The minimum Gasteiger partial charge on any atom is -0.393 e. The third kappa shape index (κ3) is 27.6. The molecule has 0 saturated heterocycles. The van der Waals surface area contributed by atoms with E-state index in [-0.39, 0.29) is 37.7 Å². The number of azide groups is 1. The Morgan fingerprint density at radius 3 is 1.67 bits per heavy atom. The van der Waals surface area contributed by atoms with Crippen molar-refractivity contribution >= 4 is 0 Å². The van der Waals surface area contributed by atoms with Gasteiger partial charge in [-0.05, 0) is 0 Å². The van der Waals surface area contributed by atoms with E-state index in [1.54, 1.807) is 0 Å². The Labute approximate surface area is 59.4 Å². The fraction of sp³-hybridized carbons (Fsp3) is 0. The van der Waals surface area contributed by atoms with Gasteiger partial charge in [0.1, 0.15) is 0 Å². The maximum absolute atomic E-state index is 7.15. The smallest absolute Gasteiger partial charge is 0.393 e. The van der Waals surface area contributed by atoms with E-state index in [0.717, 1.165) is 0 Å². The Hall–Kier alpha value is 0.305. The van der Waals surface area contributed by atoms with E-state index in [1.165, 1.54) is 0 Å².